The highest BCUT2D eigenvalue weighted by Gasteiger charge is 2.22. The molecule has 0 atom stereocenters. The first-order valence-corrected chi connectivity index (χ1v) is 11.5. The van der Waals surface area contributed by atoms with Crippen molar-refractivity contribution in [1.29, 1.82) is 0 Å². The molecule has 0 radical (unpaired) electrons. The Balaban J connectivity index is 1.87. The van der Waals surface area contributed by atoms with Gasteiger partial charge in [-0.3, -0.25) is 9.10 Å². The fourth-order valence-electron chi connectivity index (χ4n) is 3.16. The number of anilines is 1. The molecule has 3 aromatic carbocycles. The molecule has 0 saturated carbocycles. The maximum Gasteiger partial charge on any atom is 0.303 e. The highest BCUT2D eigenvalue weighted by Crippen LogP contribution is 2.27. The lowest BCUT2D eigenvalue weighted by Gasteiger charge is -2.23. The first-order chi connectivity index (χ1) is 14.8. The van der Waals surface area contributed by atoms with Crippen LogP contribution in [0.25, 0.3) is 0 Å². The van der Waals surface area contributed by atoms with Crippen molar-refractivity contribution in [2.24, 2.45) is 0 Å². The van der Waals surface area contributed by atoms with Gasteiger partial charge in [0.25, 0.3) is 0 Å². The average Bonchev–Trinajstić information content (AvgIpc) is 2.77. The van der Waals surface area contributed by atoms with Crippen LogP contribution in [0.4, 0.5) is 5.69 Å². The van der Waals surface area contributed by atoms with Gasteiger partial charge in [-0.2, -0.15) is 0 Å². The minimum absolute atomic E-state index is 0.0839. The first-order valence-electron chi connectivity index (χ1n) is 9.87. The number of sulfonamides is 1. The van der Waals surface area contributed by atoms with Crippen molar-refractivity contribution < 1.29 is 23.1 Å². The van der Waals surface area contributed by atoms with E-state index in [0.717, 1.165) is 5.56 Å². The SMILES string of the molecule is CN(c1cc(COc2ccccc2)ccc1CCC(=O)O)S(=O)(=O)Cc1ccccc1. The maximum absolute atomic E-state index is 13.1. The molecular formula is C24H25NO5S. The summed E-state index contributed by atoms with van der Waals surface area (Å²) in [7, 11) is -2.17. The third-order valence-corrected chi connectivity index (χ3v) is 6.58. The second kappa shape index (κ2) is 10.1. The smallest absolute Gasteiger partial charge is 0.303 e. The van der Waals surface area contributed by atoms with Gasteiger partial charge in [-0.05, 0) is 41.3 Å². The molecular weight excluding hydrogens is 414 g/mol. The summed E-state index contributed by atoms with van der Waals surface area (Å²) >= 11 is 0. The topological polar surface area (TPSA) is 83.9 Å². The molecule has 0 amide bonds. The van der Waals surface area contributed by atoms with Gasteiger partial charge in [-0.1, -0.05) is 60.7 Å². The van der Waals surface area contributed by atoms with Crippen LogP contribution in [-0.4, -0.2) is 26.5 Å². The van der Waals surface area contributed by atoms with Crippen molar-refractivity contribution >= 4 is 21.7 Å². The van der Waals surface area contributed by atoms with Crippen LogP contribution >= 0.6 is 0 Å². The predicted molar refractivity (Wildman–Crippen MR) is 121 cm³/mol. The minimum Gasteiger partial charge on any atom is -0.489 e. The van der Waals surface area contributed by atoms with E-state index in [1.807, 2.05) is 42.5 Å². The summed E-state index contributed by atoms with van der Waals surface area (Å²) in [6.45, 7) is 0.267. The summed E-state index contributed by atoms with van der Waals surface area (Å²) in [5.74, 6) is -0.366. The molecule has 31 heavy (non-hydrogen) atoms. The molecule has 0 saturated heterocycles. The van der Waals surface area contributed by atoms with Crippen LogP contribution in [0, 0.1) is 0 Å². The Bertz CT molecular complexity index is 1120. The molecule has 162 valence electrons. The van der Waals surface area contributed by atoms with Gasteiger partial charge in [-0.15, -0.1) is 0 Å². The molecule has 0 bridgehead atoms. The lowest BCUT2D eigenvalue weighted by Crippen LogP contribution is -2.29. The van der Waals surface area contributed by atoms with Crippen LogP contribution in [0.3, 0.4) is 0 Å². The zero-order chi connectivity index (χ0) is 22.3. The number of carbonyl (C=O) groups is 1. The third kappa shape index (κ3) is 6.33. The maximum atomic E-state index is 13.1. The Morgan fingerprint density at radius 2 is 1.58 bits per heavy atom. The van der Waals surface area contributed by atoms with E-state index >= 15 is 0 Å². The third-order valence-electron chi connectivity index (χ3n) is 4.86. The van der Waals surface area contributed by atoms with E-state index < -0.39 is 16.0 Å². The van der Waals surface area contributed by atoms with Gasteiger partial charge in [0.1, 0.15) is 12.4 Å². The van der Waals surface area contributed by atoms with Crippen molar-refractivity contribution in [3.63, 3.8) is 0 Å². The van der Waals surface area contributed by atoms with Crippen molar-refractivity contribution in [2.45, 2.75) is 25.2 Å². The molecule has 0 aromatic heterocycles. The molecule has 0 aliphatic rings. The zero-order valence-corrected chi connectivity index (χ0v) is 18.1. The van der Waals surface area contributed by atoms with Crippen molar-refractivity contribution in [1.82, 2.24) is 0 Å². The molecule has 1 N–H and O–H groups in total. The number of para-hydroxylation sites is 1. The molecule has 7 heteroatoms. The molecule has 0 unspecified atom stereocenters. The van der Waals surface area contributed by atoms with E-state index in [0.29, 0.717) is 22.6 Å². The summed E-state index contributed by atoms with van der Waals surface area (Å²) in [4.78, 5) is 11.1. The minimum atomic E-state index is -3.67. The highest BCUT2D eigenvalue weighted by atomic mass is 32.2. The summed E-state index contributed by atoms with van der Waals surface area (Å²) < 4.78 is 33.1. The monoisotopic (exact) mass is 439 g/mol. The van der Waals surface area contributed by atoms with Gasteiger partial charge in [0, 0.05) is 13.5 Å². The molecule has 6 nitrogen and oxygen atoms in total. The number of aliphatic carboxylic acids is 1. The van der Waals surface area contributed by atoms with Gasteiger partial charge < -0.3 is 9.84 Å². The summed E-state index contributed by atoms with van der Waals surface area (Å²) in [6.07, 6.45) is 0.148. The van der Waals surface area contributed by atoms with Gasteiger partial charge in [0.2, 0.25) is 10.0 Å². The van der Waals surface area contributed by atoms with Crippen molar-refractivity contribution in [3.8, 4) is 5.75 Å². The highest BCUT2D eigenvalue weighted by molar-refractivity contribution is 7.92. The van der Waals surface area contributed by atoms with Gasteiger partial charge >= 0.3 is 5.97 Å². The second-order valence-corrected chi connectivity index (χ2v) is 9.17. The van der Waals surface area contributed by atoms with Gasteiger partial charge in [0.05, 0.1) is 11.4 Å². The standard InChI is InChI=1S/C24H25NO5S/c1-25(31(28,29)18-19-8-4-2-5-9-19)23-16-20(12-13-21(23)14-15-24(26)27)17-30-22-10-6-3-7-11-22/h2-13,16H,14-15,17-18H2,1H3,(H,26,27). The molecule has 0 heterocycles. The molecule has 0 fully saturated rings. The van der Waals surface area contributed by atoms with E-state index in [1.165, 1.54) is 11.4 Å². The zero-order valence-electron chi connectivity index (χ0n) is 17.3. The lowest BCUT2D eigenvalue weighted by atomic mass is 10.0. The van der Waals surface area contributed by atoms with Crippen LogP contribution in [0.1, 0.15) is 23.1 Å². The van der Waals surface area contributed by atoms with Gasteiger partial charge in [-0.25, -0.2) is 8.42 Å². The van der Waals surface area contributed by atoms with Crippen LogP contribution in [0.5, 0.6) is 5.75 Å². The Labute approximate surface area is 182 Å². The van der Waals surface area contributed by atoms with E-state index in [2.05, 4.69) is 0 Å². The Morgan fingerprint density at radius 3 is 2.23 bits per heavy atom. The number of ether oxygens (including phenoxy) is 1. The number of aryl methyl sites for hydroxylation is 1. The molecule has 0 spiro atoms. The first kappa shape index (κ1) is 22.4. The van der Waals surface area contributed by atoms with Crippen LogP contribution in [0.15, 0.2) is 78.9 Å². The van der Waals surface area contributed by atoms with Crippen molar-refractivity contribution in [2.75, 3.05) is 11.4 Å². The Hall–Kier alpha value is -3.32. The number of hydrogen-bond acceptors (Lipinski definition) is 4. The van der Waals surface area contributed by atoms with E-state index in [-0.39, 0.29) is 25.2 Å². The van der Waals surface area contributed by atoms with E-state index in [9.17, 15) is 13.2 Å². The predicted octanol–water partition coefficient (Wildman–Crippen LogP) is 4.25. The second-order valence-electron chi connectivity index (χ2n) is 7.17. The van der Waals surface area contributed by atoms with Crippen LogP contribution < -0.4 is 9.04 Å². The Kier molecular flexibility index (Phi) is 7.31. The fraction of sp³-hybridized carbons (Fsp3) is 0.208. The summed E-state index contributed by atoms with van der Waals surface area (Å²) in [6, 6.07) is 23.7. The van der Waals surface area contributed by atoms with E-state index in [4.69, 9.17) is 9.84 Å². The molecule has 0 aliphatic carbocycles. The van der Waals surface area contributed by atoms with Crippen LogP contribution in [0.2, 0.25) is 0 Å². The molecule has 0 aliphatic heterocycles. The Morgan fingerprint density at radius 1 is 0.935 bits per heavy atom. The number of hydrogen-bond donors (Lipinski definition) is 1. The average molecular weight is 440 g/mol. The van der Waals surface area contributed by atoms with Crippen LogP contribution in [-0.2, 0) is 33.6 Å². The van der Waals surface area contributed by atoms with Crippen molar-refractivity contribution in [3.05, 3.63) is 95.6 Å². The largest absolute Gasteiger partial charge is 0.489 e. The number of rotatable bonds is 10. The number of carboxylic acid groups (broad SMARTS) is 1. The summed E-state index contributed by atoms with van der Waals surface area (Å²) in [5, 5.41) is 9.07. The number of carboxylic acids is 1. The molecule has 3 aromatic rings. The lowest BCUT2D eigenvalue weighted by molar-refractivity contribution is -0.136. The quantitative estimate of drug-likeness (QED) is 0.511. The fourth-order valence-corrected chi connectivity index (χ4v) is 4.44. The normalized spacial score (nSPS) is 11.1. The number of nitrogens with zero attached hydrogens (tertiary/aromatic N) is 1. The summed E-state index contributed by atoms with van der Waals surface area (Å²) in [5.41, 5.74) is 2.60. The van der Waals surface area contributed by atoms with E-state index in [1.54, 1.807) is 36.4 Å². The number of benzene rings is 3. The van der Waals surface area contributed by atoms with Gasteiger partial charge in [0.15, 0.2) is 0 Å². The molecule has 3 rings (SSSR count).